The maximum atomic E-state index is 14.9. The molecule has 23 N–H and O–H groups in total. The zero-order chi connectivity index (χ0) is 72.0. The smallest absolute Gasteiger partial charge is 0.245 e. The number of aromatic amines is 1. The topological polar surface area (TPSA) is 535 Å². The average Bonchev–Trinajstić information content (AvgIpc) is 1.63. The highest BCUT2D eigenvalue weighted by molar-refractivity contribution is 7.98. The van der Waals surface area contributed by atoms with Crippen molar-refractivity contribution in [2.24, 2.45) is 51.0 Å². The van der Waals surface area contributed by atoms with Crippen LogP contribution >= 0.6 is 11.8 Å². The number of aromatic nitrogens is 1. The maximum absolute atomic E-state index is 14.9. The summed E-state index contributed by atoms with van der Waals surface area (Å²) in [5.74, 6) is -9.88. The summed E-state index contributed by atoms with van der Waals surface area (Å²) < 4.78 is 0. The molecule has 98 heavy (non-hydrogen) atoms. The Morgan fingerprint density at radius 3 is 1.70 bits per heavy atom. The van der Waals surface area contributed by atoms with E-state index < -0.39 is 169 Å². The van der Waals surface area contributed by atoms with Gasteiger partial charge in [0.15, 0.2) is 5.96 Å². The number of nitrogens with zero attached hydrogens (tertiary/aromatic N) is 3. The van der Waals surface area contributed by atoms with Gasteiger partial charge in [0.2, 0.25) is 76.8 Å². The summed E-state index contributed by atoms with van der Waals surface area (Å²) in [4.78, 5) is 189. The van der Waals surface area contributed by atoms with Gasteiger partial charge in [0.05, 0.1) is 12.6 Å². The number of carbonyl (C=O) groups is 13. The van der Waals surface area contributed by atoms with Crippen LogP contribution in [0.3, 0.4) is 0 Å². The van der Waals surface area contributed by atoms with Gasteiger partial charge in [0, 0.05) is 62.4 Å². The van der Waals surface area contributed by atoms with Gasteiger partial charge in [-0.25, -0.2) is 0 Å². The SMILES string of the molecule is CSCC[C@H](NC(=O)[C@H](CC(C)C)NC(=O)CNC(=O)[C@H](Cc1c[nH]c2ccccc12)NC(=O)[C@H](Cc1ccccc1)NC(=O)[C@H](CCC(N)=O)NC(=O)[C@H](CCC(N)=O)NC(=O)[C@@H]1CCCN1C(=O)[C@H](CCCCN)NC(=O)[C@@H]1CCCN1C(=O)[C@@H](N)CCCN=C(N)N)C(N)=O. The third kappa shape index (κ3) is 25.6. The number of thioether (sulfide) groups is 1. The first-order valence-electron chi connectivity index (χ1n) is 33.2. The van der Waals surface area contributed by atoms with E-state index in [2.05, 4.69) is 52.5 Å². The van der Waals surface area contributed by atoms with Crippen LogP contribution in [0.15, 0.2) is 65.8 Å². The lowest BCUT2D eigenvalue weighted by Crippen LogP contribution is -2.60. The zero-order valence-electron chi connectivity index (χ0n) is 56.0. The van der Waals surface area contributed by atoms with Gasteiger partial charge in [-0.3, -0.25) is 67.3 Å². The van der Waals surface area contributed by atoms with Gasteiger partial charge in [0.25, 0.3) is 0 Å². The number of carbonyl (C=O) groups excluding carboxylic acids is 13. The summed E-state index contributed by atoms with van der Waals surface area (Å²) in [5, 5.41) is 21.9. The van der Waals surface area contributed by atoms with Crippen molar-refractivity contribution in [3.05, 3.63) is 71.9 Å². The summed E-state index contributed by atoms with van der Waals surface area (Å²) >= 11 is 1.45. The molecule has 10 atom stereocenters. The van der Waals surface area contributed by atoms with Crippen molar-refractivity contribution >= 4 is 105 Å². The number of likely N-dealkylation sites (tertiary alicyclic amines) is 2. The lowest BCUT2D eigenvalue weighted by Gasteiger charge is -2.32. The van der Waals surface area contributed by atoms with Crippen molar-refractivity contribution < 1.29 is 62.3 Å². The van der Waals surface area contributed by atoms with Crippen molar-refractivity contribution in [1.82, 2.24) is 57.3 Å². The molecule has 3 aromatic rings. The Bertz CT molecular complexity index is 3280. The van der Waals surface area contributed by atoms with E-state index in [9.17, 15) is 62.3 Å². The Balaban J connectivity index is 1.36. The van der Waals surface area contributed by atoms with Gasteiger partial charge in [-0.1, -0.05) is 62.4 Å². The molecule has 32 nitrogen and oxygen atoms in total. The minimum Gasteiger partial charge on any atom is -0.370 e. The lowest BCUT2D eigenvalue weighted by molar-refractivity contribution is -0.144. The summed E-state index contributed by atoms with van der Waals surface area (Å²) in [7, 11) is 0. The largest absolute Gasteiger partial charge is 0.370 e. The van der Waals surface area contributed by atoms with Crippen molar-refractivity contribution in [2.45, 2.75) is 183 Å². The van der Waals surface area contributed by atoms with Crippen LogP contribution in [0.25, 0.3) is 10.9 Å². The second-order valence-electron chi connectivity index (χ2n) is 25.0. The van der Waals surface area contributed by atoms with Gasteiger partial charge in [0.1, 0.15) is 54.4 Å². The molecule has 2 fully saturated rings. The molecule has 0 unspecified atom stereocenters. The van der Waals surface area contributed by atoms with E-state index in [1.807, 2.05) is 20.1 Å². The van der Waals surface area contributed by atoms with Crippen molar-refractivity contribution in [2.75, 3.05) is 44.7 Å². The Morgan fingerprint density at radius 2 is 1.12 bits per heavy atom. The van der Waals surface area contributed by atoms with Crippen LogP contribution in [0.4, 0.5) is 0 Å². The molecule has 2 aromatic carbocycles. The van der Waals surface area contributed by atoms with E-state index in [4.69, 9.17) is 40.1 Å². The number of rotatable bonds is 42. The highest BCUT2D eigenvalue weighted by atomic mass is 32.2. The number of hydrogen-bond donors (Lipinski definition) is 16. The quantitative estimate of drug-likeness (QED) is 0.0151. The number of aliphatic imine (C=N–C) groups is 1. The highest BCUT2D eigenvalue weighted by Gasteiger charge is 2.42. The van der Waals surface area contributed by atoms with Crippen LogP contribution in [0.5, 0.6) is 0 Å². The van der Waals surface area contributed by atoms with Crippen LogP contribution < -0.4 is 82.7 Å². The molecule has 0 saturated carbocycles. The van der Waals surface area contributed by atoms with E-state index in [1.54, 1.807) is 60.8 Å². The molecule has 1 aromatic heterocycles. The fourth-order valence-electron chi connectivity index (χ4n) is 11.7. The molecule has 0 bridgehead atoms. The molecule has 33 heteroatoms. The fourth-order valence-corrected chi connectivity index (χ4v) is 12.2. The van der Waals surface area contributed by atoms with Crippen LogP contribution in [0.1, 0.15) is 121 Å². The number of unbranched alkanes of at least 4 members (excludes halogenated alkanes) is 1. The van der Waals surface area contributed by atoms with Crippen molar-refractivity contribution in [3.63, 3.8) is 0 Å². The first-order chi connectivity index (χ1) is 46.7. The van der Waals surface area contributed by atoms with E-state index in [-0.39, 0.29) is 83.0 Å². The minimum atomic E-state index is -1.66. The predicted octanol–water partition coefficient (Wildman–Crippen LogP) is -3.23. The van der Waals surface area contributed by atoms with E-state index >= 15 is 0 Å². The van der Waals surface area contributed by atoms with Crippen molar-refractivity contribution in [3.8, 4) is 0 Å². The summed E-state index contributed by atoms with van der Waals surface area (Å²) in [6, 6.07) is 3.02. The number of nitrogens with two attached hydrogens (primary N) is 7. The Morgan fingerprint density at radius 1 is 0.582 bits per heavy atom. The van der Waals surface area contributed by atoms with Crippen LogP contribution in [-0.2, 0) is 75.2 Å². The molecule has 2 aliphatic heterocycles. The van der Waals surface area contributed by atoms with Crippen LogP contribution in [-0.4, -0.2) is 203 Å². The monoisotopic (exact) mass is 1390 g/mol. The van der Waals surface area contributed by atoms with E-state index in [1.165, 1.54) is 21.6 Å². The molecular weight excluding hydrogens is 1290 g/mol. The van der Waals surface area contributed by atoms with Crippen LogP contribution in [0.2, 0.25) is 0 Å². The summed E-state index contributed by atoms with van der Waals surface area (Å²) in [6.07, 6.45) is 4.67. The first-order valence-corrected chi connectivity index (χ1v) is 34.6. The molecule has 2 saturated heterocycles. The molecule has 0 aliphatic carbocycles. The molecule has 13 amide bonds. The van der Waals surface area contributed by atoms with Gasteiger partial charge in [-0.15, -0.1) is 0 Å². The Labute approximate surface area is 573 Å². The summed E-state index contributed by atoms with van der Waals surface area (Å²) in [5.41, 5.74) is 41.4. The number of guanidine groups is 1. The number of para-hydroxylation sites is 1. The number of hydrogen-bond acceptors (Lipinski definition) is 17. The third-order valence-electron chi connectivity index (χ3n) is 16.8. The second-order valence-corrected chi connectivity index (χ2v) is 26.0. The number of amides is 13. The number of H-pyrrole nitrogens is 1. The van der Waals surface area contributed by atoms with Gasteiger partial charge < -0.3 is 97.5 Å². The Kier molecular flexibility index (Phi) is 32.7. The average molecular weight is 1390 g/mol. The van der Waals surface area contributed by atoms with Gasteiger partial charge >= 0.3 is 0 Å². The van der Waals surface area contributed by atoms with Crippen molar-refractivity contribution in [1.29, 1.82) is 0 Å². The molecule has 538 valence electrons. The molecule has 3 heterocycles. The normalized spacial score (nSPS) is 16.8. The van der Waals surface area contributed by atoms with E-state index in [0.29, 0.717) is 66.3 Å². The summed E-state index contributed by atoms with van der Waals surface area (Å²) in [6.45, 7) is 3.84. The minimum absolute atomic E-state index is 0.0704. The standard InChI is InChI=1S/C65H99N19O13S/c1-37(2)32-47(59(92)77-43(55(70)88)26-31-98-3)76-54(87)36-75-56(89)49(34-39-35-74-42-18-8-7-16-40(39)42)82-60(93)48(33-38-14-5-4-6-15-38)81-58(91)44(22-24-52(68)85)78-57(90)45(23-25-53(69)86)79-61(94)51-21-13-30-84(51)64(97)46(19-9-10-27-66)80-62(95)50-20-12-29-83(50)63(96)41(67)17-11-28-73-65(71)72/h4-8,14-16,18,35,37,41,43-51,74H,9-13,17,19-34,36,66-67H2,1-3H3,(H2,68,85)(H2,69,86)(H2,70,88)(H,75,89)(H,76,87)(H,77,92)(H,78,90)(H,79,94)(H,80,95)(H,81,91)(H,82,93)(H4,71,72,73)/t41-,43-,44-,45-,46-,47-,48-,49-,50-,51-/m0/s1. The number of primary amides is 3. The predicted molar refractivity (Wildman–Crippen MR) is 367 cm³/mol. The molecule has 0 radical (unpaired) electrons. The highest BCUT2D eigenvalue weighted by Crippen LogP contribution is 2.24. The van der Waals surface area contributed by atoms with Crippen LogP contribution in [0, 0.1) is 5.92 Å². The van der Waals surface area contributed by atoms with Gasteiger partial charge in [-0.05, 0) is 125 Å². The number of fused-ring (bicyclic) bond motifs is 1. The number of nitrogens with one attached hydrogen (secondary N) is 9. The maximum Gasteiger partial charge on any atom is 0.245 e. The Hall–Kier alpha value is -9.37. The molecule has 2 aliphatic rings. The molecule has 5 rings (SSSR count). The first kappa shape index (κ1) is 79.3. The lowest BCUT2D eigenvalue weighted by atomic mass is 10.0. The molecule has 0 spiro atoms. The second kappa shape index (κ2) is 40.4. The van der Waals surface area contributed by atoms with E-state index in [0.717, 1.165) is 0 Å². The fraction of sp³-hybridized carbons (Fsp3) is 0.569. The number of benzene rings is 2. The zero-order valence-corrected chi connectivity index (χ0v) is 56.8. The van der Waals surface area contributed by atoms with Gasteiger partial charge in [-0.2, -0.15) is 11.8 Å². The third-order valence-corrected chi connectivity index (χ3v) is 17.5. The molecular formula is C65H99N19O13S.